The normalized spacial score (nSPS) is 16.9. The highest BCUT2D eigenvalue weighted by Crippen LogP contribution is 2.28. The van der Waals surface area contributed by atoms with Crippen molar-refractivity contribution >= 4 is 39.1 Å². The van der Waals surface area contributed by atoms with Gasteiger partial charge in [0, 0.05) is 18.4 Å². The molecular formula is C13H9FN2O3S. The van der Waals surface area contributed by atoms with Gasteiger partial charge in [-0.25, -0.2) is 4.39 Å². The zero-order valence-corrected chi connectivity index (χ0v) is 11.1. The first kappa shape index (κ1) is 13.0. The maximum Gasteiger partial charge on any atom is 0.182 e. The lowest BCUT2D eigenvalue weighted by atomic mass is 9.81. The van der Waals surface area contributed by atoms with Gasteiger partial charge in [-0.3, -0.25) is 14.4 Å². The SMILES string of the molecule is O=C1CCCC(=O)C1C(=O)c1ccc(F)c2nnsc12. The van der Waals surface area contributed by atoms with Crippen molar-refractivity contribution in [2.24, 2.45) is 5.92 Å². The van der Waals surface area contributed by atoms with E-state index in [1.165, 1.54) is 6.07 Å². The molecule has 1 heterocycles. The highest BCUT2D eigenvalue weighted by Gasteiger charge is 2.37. The summed E-state index contributed by atoms with van der Waals surface area (Å²) in [5, 5.41) is 3.62. The average molecular weight is 292 g/mol. The third kappa shape index (κ3) is 1.94. The fraction of sp³-hybridized carbons (Fsp3) is 0.308. The number of carbonyl (C=O) groups excluding carboxylic acids is 3. The quantitative estimate of drug-likeness (QED) is 0.624. The van der Waals surface area contributed by atoms with E-state index in [9.17, 15) is 18.8 Å². The van der Waals surface area contributed by atoms with Gasteiger partial charge in [0.05, 0.1) is 4.70 Å². The van der Waals surface area contributed by atoms with E-state index in [0.29, 0.717) is 6.42 Å². The van der Waals surface area contributed by atoms with Crippen LogP contribution in [0.3, 0.4) is 0 Å². The zero-order chi connectivity index (χ0) is 14.3. The van der Waals surface area contributed by atoms with Gasteiger partial charge in [0.2, 0.25) is 0 Å². The van der Waals surface area contributed by atoms with Crippen LogP contribution >= 0.6 is 11.5 Å². The molecule has 0 amide bonds. The summed E-state index contributed by atoms with van der Waals surface area (Å²) in [5.74, 6) is -3.12. The van der Waals surface area contributed by atoms with Gasteiger partial charge < -0.3 is 0 Å². The maximum atomic E-state index is 13.5. The Morgan fingerprint density at radius 1 is 1.25 bits per heavy atom. The second-order valence-corrected chi connectivity index (χ2v) is 5.38. The van der Waals surface area contributed by atoms with E-state index in [0.717, 1.165) is 17.6 Å². The number of carbonyl (C=O) groups is 3. The van der Waals surface area contributed by atoms with Crippen LogP contribution in [-0.2, 0) is 9.59 Å². The van der Waals surface area contributed by atoms with E-state index in [2.05, 4.69) is 9.59 Å². The Morgan fingerprint density at radius 3 is 2.65 bits per heavy atom. The largest absolute Gasteiger partial charge is 0.298 e. The summed E-state index contributed by atoms with van der Waals surface area (Å²) in [7, 11) is 0. The number of nitrogens with zero attached hydrogens (tertiary/aromatic N) is 2. The van der Waals surface area contributed by atoms with E-state index >= 15 is 0 Å². The molecule has 1 saturated carbocycles. The molecule has 1 aromatic carbocycles. The van der Waals surface area contributed by atoms with Gasteiger partial charge in [-0.2, -0.15) is 0 Å². The molecule has 5 nitrogen and oxygen atoms in total. The summed E-state index contributed by atoms with van der Waals surface area (Å²) in [5.41, 5.74) is 0.140. The summed E-state index contributed by atoms with van der Waals surface area (Å²) in [6.07, 6.45) is 0.948. The van der Waals surface area contributed by atoms with E-state index < -0.39 is 17.5 Å². The first-order valence-electron chi connectivity index (χ1n) is 6.10. The highest BCUT2D eigenvalue weighted by atomic mass is 32.1. The van der Waals surface area contributed by atoms with E-state index in [-0.39, 0.29) is 40.2 Å². The van der Waals surface area contributed by atoms with Crippen molar-refractivity contribution in [2.45, 2.75) is 19.3 Å². The molecule has 7 heteroatoms. The second kappa shape index (κ2) is 4.82. The fourth-order valence-corrected chi connectivity index (χ4v) is 3.08. The predicted molar refractivity (Wildman–Crippen MR) is 69.1 cm³/mol. The van der Waals surface area contributed by atoms with E-state index in [4.69, 9.17) is 0 Å². The summed E-state index contributed by atoms with van der Waals surface area (Å²) in [6, 6.07) is 2.39. The monoisotopic (exact) mass is 292 g/mol. The minimum absolute atomic E-state index is 0.00319. The van der Waals surface area contributed by atoms with Crippen LogP contribution < -0.4 is 0 Å². The van der Waals surface area contributed by atoms with Crippen LogP contribution in [-0.4, -0.2) is 26.9 Å². The molecule has 1 aliphatic rings. The van der Waals surface area contributed by atoms with Crippen molar-refractivity contribution in [3.8, 4) is 0 Å². The third-order valence-corrected chi connectivity index (χ3v) is 4.13. The van der Waals surface area contributed by atoms with Crippen molar-refractivity contribution in [3.63, 3.8) is 0 Å². The number of hydrogen-bond donors (Lipinski definition) is 0. The molecule has 2 aromatic rings. The minimum atomic E-state index is -1.25. The first-order chi connectivity index (χ1) is 9.59. The van der Waals surface area contributed by atoms with Crippen LogP contribution in [0.4, 0.5) is 4.39 Å². The molecule has 1 aromatic heterocycles. The Bertz CT molecular complexity index is 724. The number of halogens is 1. The molecule has 0 radical (unpaired) electrons. The molecule has 20 heavy (non-hydrogen) atoms. The first-order valence-corrected chi connectivity index (χ1v) is 6.87. The number of benzene rings is 1. The average Bonchev–Trinajstić information content (AvgIpc) is 2.89. The van der Waals surface area contributed by atoms with Crippen LogP contribution in [0, 0.1) is 11.7 Å². The molecule has 1 fully saturated rings. The molecule has 0 spiro atoms. The molecule has 0 aliphatic heterocycles. The van der Waals surface area contributed by atoms with Gasteiger partial charge in [0.25, 0.3) is 0 Å². The van der Waals surface area contributed by atoms with Crippen LogP contribution in [0.25, 0.3) is 10.2 Å². The third-order valence-electron chi connectivity index (χ3n) is 3.37. The topological polar surface area (TPSA) is 77.0 Å². The van der Waals surface area contributed by atoms with Crippen molar-refractivity contribution < 1.29 is 18.8 Å². The van der Waals surface area contributed by atoms with Crippen LogP contribution in [0.5, 0.6) is 0 Å². The minimum Gasteiger partial charge on any atom is -0.298 e. The number of hydrogen-bond acceptors (Lipinski definition) is 6. The maximum absolute atomic E-state index is 13.5. The van der Waals surface area contributed by atoms with Gasteiger partial charge in [0.1, 0.15) is 11.4 Å². The lowest BCUT2D eigenvalue weighted by molar-refractivity contribution is -0.133. The summed E-state index contributed by atoms with van der Waals surface area (Å²) in [4.78, 5) is 36.1. The Hall–Kier alpha value is -2.02. The molecule has 0 saturated heterocycles. The summed E-state index contributed by atoms with van der Waals surface area (Å²) >= 11 is 0.878. The predicted octanol–water partition coefficient (Wildman–Crippen LogP) is 1.95. The van der Waals surface area contributed by atoms with Gasteiger partial charge in [-0.05, 0) is 30.1 Å². The number of Topliss-reactive ketones (excluding diaryl/α,β-unsaturated/α-hetero) is 3. The number of ketones is 3. The van der Waals surface area contributed by atoms with Gasteiger partial charge in [-0.1, -0.05) is 4.49 Å². The number of aromatic nitrogens is 2. The summed E-state index contributed by atoms with van der Waals surface area (Å²) < 4.78 is 17.4. The Labute approximate surface area is 117 Å². The van der Waals surface area contributed by atoms with Gasteiger partial charge in [0.15, 0.2) is 23.2 Å². The molecule has 0 unspecified atom stereocenters. The molecular weight excluding hydrogens is 283 g/mol. The van der Waals surface area contributed by atoms with E-state index in [1.807, 2.05) is 0 Å². The van der Waals surface area contributed by atoms with Gasteiger partial charge >= 0.3 is 0 Å². The highest BCUT2D eigenvalue weighted by molar-refractivity contribution is 7.13. The lowest BCUT2D eigenvalue weighted by Crippen LogP contribution is -2.35. The summed E-state index contributed by atoms with van der Waals surface area (Å²) in [6.45, 7) is 0. The smallest absolute Gasteiger partial charge is 0.182 e. The van der Waals surface area contributed by atoms with Crippen molar-refractivity contribution in [1.29, 1.82) is 0 Å². The van der Waals surface area contributed by atoms with Crippen molar-refractivity contribution in [1.82, 2.24) is 9.59 Å². The number of fused-ring (bicyclic) bond motifs is 1. The Morgan fingerprint density at radius 2 is 1.95 bits per heavy atom. The van der Waals surface area contributed by atoms with Gasteiger partial charge in [-0.15, -0.1) is 5.10 Å². The zero-order valence-electron chi connectivity index (χ0n) is 10.3. The number of rotatable bonds is 2. The van der Waals surface area contributed by atoms with E-state index in [1.54, 1.807) is 0 Å². The lowest BCUT2D eigenvalue weighted by Gasteiger charge is -2.18. The van der Waals surface area contributed by atoms with Crippen molar-refractivity contribution in [3.05, 3.63) is 23.5 Å². The van der Waals surface area contributed by atoms with Crippen LogP contribution in [0.2, 0.25) is 0 Å². The fourth-order valence-electron chi connectivity index (χ4n) is 2.38. The standard InChI is InChI=1S/C13H9FN2O3S/c14-7-5-4-6(13-11(7)15-16-20-13)12(19)10-8(17)2-1-3-9(10)18/h4-5,10H,1-3H2. The van der Waals surface area contributed by atoms with Crippen molar-refractivity contribution in [2.75, 3.05) is 0 Å². The Balaban J connectivity index is 2.09. The molecule has 3 rings (SSSR count). The van der Waals surface area contributed by atoms with Crippen LogP contribution in [0.15, 0.2) is 12.1 Å². The van der Waals surface area contributed by atoms with Crippen LogP contribution in [0.1, 0.15) is 29.6 Å². The second-order valence-electron chi connectivity index (χ2n) is 4.63. The molecule has 102 valence electrons. The molecule has 0 N–H and O–H groups in total. The molecule has 1 aliphatic carbocycles. The molecule has 0 bridgehead atoms. The molecule has 0 atom stereocenters. The Kier molecular flexibility index (Phi) is 3.13.